The molecule has 2 aliphatic heterocycles. The molecule has 1 aromatic carbocycles. The van der Waals surface area contributed by atoms with Crippen LogP contribution in [0.5, 0.6) is 11.5 Å². The Hall–Kier alpha value is -1.26. The van der Waals surface area contributed by atoms with E-state index in [1.54, 1.807) is 0 Å². The minimum atomic E-state index is -4.01. The van der Waals surface area contributed by atoms with E-state index in [2.05, 4.69) is 0 Å². The van der Waals surface area contributed by atoms with E-state index in [1.165, 1.54) is 0 Å². The zero-order valence-electron chi connectivity index (χ0n) is 29.7. The van der Waals surface area contributed by atoms with Gasteiger partial charge in [-0.25, -0.2) is 0 Å². The number of methoxy groups -OCH3 is 2. The molecular formula is C19H29NO3. The maximum atomic E-state index is 11.1. The lowest BCUT2D eigenvalue weighted by Crippen LogP contribution is -2.48. The van der Waals surface area contributed by atoms with E-state index in [1.807, 2.05) is 0 Å². The summed E-state index contributed by atoms with van der Waals surface area (Å²) in [7, 11) is 2.23. The monoisotopic (exact) mass is 336 g/mol. The predicted molar refractivity (Wildman–Crippen MR) is 91.1 cm³/mol. The summed E-state index contributed by atoms with van der Waals surface area (Å²) >= 11 is 0. The van der Waals surface area contributed by atoms with Gasteiger partial charge in [0.2, 0.25) is 0 Å². The van der Waals surface area contributed by atoms with Gasteiger partial charge in [-0.3, -0.25) is 4.90 Å². The molecule has 1 aromatic rings. The quantitative estimate of drug-likeness (QED) is 0.918. The zero-order valence-corrected chi connectivity index (χ0v) is 12.7. The molecule has 0 saturated carbocycles. The van der Waals surface area contributed by atoms with Gasteiger partial charge in [0.15, 0.2) is 11.5 Å². The Balaban J connectivity index is 2.41. The minimum absolute atomic E-state index is 0.195. The van der Waals surface area contributed by atoms with Crippen LogP contribution in [0.1, 0.15) is 67.0 Å². The average Bonchev–Trinajstić information content (AvgIpc) is 2.74. The summed E-state index contributed by atoms with van der Waals surface area (Å²) in [5.41, 5.74) is -1.14. The van der Waals surface area contributed by atoms with Crippen LogP contribution in [-0.4, -0.2) is 43.3 Å². The highest BCUT2D eigenvalue weighted by atomic mass is 16.5. The molecule has 0 bridgehead atoms. The molecule has 0 aromatic heterocycles. The molecular weight excluding hydrogens is 290 g/mol. The standard InChI is InChI=1S/C19H29NO3/c1-12(2)7-14-11-20-6-5-13-8-18(22-3)19(23-4)9-15(13)16(20)10-17(14)21/h8-9,12,14,16-17,21H,5-7,10-11H2,1-4H3/i1D3,2D3,5D2,6D2,7D2,8D,9D,11D2,12D. The highest BCUT2D eigenvalue weighted by molar-refractivity contribution is 5.49. The molecule has 0 amide bonds. The Kier molecular flexibility index (Phi) is 1.64. The maximum Gasteiger partial charge on any atom is 0.161 e. The molecule has 1 saturated heterocycles. The van der Waals surface area contributed by atoms with E-state index in [4.69, 9.17) is 32.8 Å². The molecule has 3 rings (SSSR count). The summed E-state index contributed by atoms with van der Waals surface area (Å²) in [6, 6.07) is -3.06. The molecule has 0 spiro atoms. The summed E-state index contributed by atoms with van der Waals surface area (Å²) in [4.78, 5) is 0.195. The largest absolute Gasteiger partial charge is 0.493 e. The molecule has 0 radical (unpaired) electrons. The second-order valence-corrected chi connectivity index (χ2v) is 5.16. The fourth-order valence-corrected chi connectivity index (χ4v) is 2.67. The van der Waals surface area contributed by atoms with Gasteiger partial charge < -0.3 is 14.6 Å². The topological polar surface area (TPSA) is 41.9 Å². The van der Waals surface area contributed by atoms with E-state index < -0.39 is 98.8 Å². The number of hydrogen-bond donors (Lipinski definition) is 1. The van der Waals surface area contributed by atoms with E-state index in [9.17, 15) is 5.11 Å². The number of aliphatic hydroxyl groups is 1. The van der Waals surface area contributed by atoms with Crippen LogP contribution in [0.4, 0.5) is 0 Å². The van der Waals surface area contributed by atoms with Gasteiger partial charge in [0.05, 0.1) is 23.1 Å². The van der Waals surface area contributed by atoms with Crippen LogP contribution < -0.4 is 9.47 Å². The van der Waals surface area contributed by atoms with Crippen LogP contribution in [0, 0.1) is 11.8 Å². The van der Waals surface area contributed by atoms with Gasteiger partial charge >= 0.3 is 0 Å². The van der Waals surface area contributed by atoms with E-state index in [-0.39, 0.29) is 10.6 Å². The number of benzene rings is 1. The maximum absolute atomic E-state index is 11.1. The Labute approximate surface area is 163 Å². The van der Waals surface area contributed by atoms with Gasteiger partial charge in [0, 0.05) is 39.6 Å². The SMILES string of the molecule is [2H]c1c(OC)c(OC)c([2H])c2c1C1CC(O)C(C([2H])([2H])C([2H])(C([2H])([2H])[2H])C([2H])([2H])[2H])C([2H])([2H])N1C([2H])([2H])C2([2H])[2H]. The Morgan fingerprint density at radius 3 is 2.91 bits per heavy atom. The van der Waals surface area contributed by atoms with Crippen LogP contribution in [-0.2, 0) is 6.37 Å². The first kappa shape index (κ1) is 5.63. The number of hydrogen-bond acceptors (Lipinski definition) is 4. The van der Waals surface area contributed by atoms with Crippen molar-refractivity contribution in [3.8, 4) is 11.5 Å². The van der Waals surface area contributed by atoms with E-state index >= 15 is 0 Å². The van der Waals surface area contributed by atoms with Crippen molar-refractivity contribution in [1.29, 1.82) is 0 Å². The van der Waals surface area contributed by atoms with Gasteiger partial charge in [-0.1, -0.05) is 13.7 Å². The third-order valence-electron chi connectivity index (χ3n) is 3.74. The van der Waals surface area contributed by atoms with Crippen molar-refractivity contribution in [3.05, 3.63) is 23.2 Å². The Bertz CT molecular complexity index is 1160. The summed E-state index contributed by atoms with van der Waals surface area (Å²) in [5, 5.41) is 11.1. The van der Waals surface area contributed by atoms with Crippen molar-refractivity contribution in [2.75, 3.05) is 27.2 Å². The highest BCUT2D eigenvalue weighted by Crippen LogP contribution is 2.43. The third kappa shape index (κ3) is 3.20. The lowest BCUT2D eigenvalue weighted by atomic mass is 9.79. The minimum Gasteiger partial charge on any atom is -0.493 e. The lowest BCUT2D eigenvalue weighted by Gasteiger charge is -2.46. The molecule has 23 heavy (non-hydrogen) atoms. The van der Waals surface area contributed by atoms with Crippen molar-refractivity contribution < 1.29 is 37.9 Å². The first-order valence-corrected chi connectivity index (χ1v) is 6.95. The lowest BCUT2D eigenvalue weighted by molar-refractivity contribution is -0.0191. The van der Waals surface area contributed by atoms with Crippen molar-refractivity contribution >= 4 is 0 Å². The van der Waals surface area contributed by atoms with Crippen LogP contribution in [0.25, 0.3) is 0 Å². The molecule has 4 heteroatoms. The summed E-state index contributed by atoms with van der Waals surface area (Å²) in [5.74, 6) is -7.48. The molecule has 3 unspecified atom stereocenters. The molecule has 2 heterocycles. The molecule has 128 valence electrons. The first-order valence-electron chi connectivity index (χ1n) is 15.5. The zero-order chi connectivity index (χ0) is 31.4. The fraction of sp³-hybridized carbons (Fsp3) is 0.684. The molecule has 4 nitrogen and oxygen atoms in total. The van der Waals surface area contributed by atoms with Crippen molar-refractivity contribution in [3.63, 3.8) is 0 Å². The van der Waals surface area contributed by atoms with Crippen molar-refractivity contribution in [2.45, 2.75) is 45.0 Å². The highest BCUT2D eigenvalue weighted by Gasteiger charge is 2.38. The molecule has 1 fully saturated rings. The van der Waals surface area contributed by atoms with Crippen molar-refractivity contribution in [1.82, 2.24) is 4.90 Å². The third-order valence-corrected chi connectivity index (χ3v) is 3.74. The van der Waals surface area contributed by atoms with Crippen LogP contribution in [0.15, 0.2) is 12.1 Å². The van der Waals surface area contributed by atoms with Gasteiger partial charge in [-0.2, -0.15) is 0 Å². The molecule has 2 aliphatic rings. The number of nitrogens with zero attached hydrogens (tertiary/aromatic N) is 1. The number of piperidine rings is 1. The summed E-state index contributed by atoms with van der Waals surface area (Å²) in [6.45, 7) is -14.8. The van der Waals surface area contributed by atoms with Crippen LogP contribution in [0.2, 0.25) is 0 Å². The van der Waals surface area contributed by atoms with Gasteiger partial charge in [-0.15, -0.1) is 0 Å². The van der Waals surface area contributed by atoms with Gasteiger partial charge in [0.25, 0.3) is 0 Å². The number of aliphatic hydroxyl groups excluding tert-OH is 1. The number of fused-ring (bicyclic) bond motifs is 3. The molecule has 1 N–H and O–H groups in total. The summed E-state index contributed by atoms with van der Waals surface area (Å²) in [6.07, 6.45) is -10.3. The Morgan fingerprint density at radius 2 is 2.22 bits per heavy atom. The van der Waals surface area contributed by atoms with Crippen LogP contribution >= 0.6 is 0 Å². The second-order valence-electron chi connectivity index (χ2n) is 5.16. The van der Waals surface area contributed by atoms with E-state index in [0.717, 1.165) is 14.2 Å². The smallest absolute Gasteiger partial charge is 0.161 e. The average molecular weight is 337 g/mol. The molecule has 0 aliphatic carbocycles. The number of ether oxygens (including phenoxy) is 2. The fourth-order valence-electron chi connectivity index (χ4n) is 2.67. The predicted octanol–water partition coefficient (Wildman–Crippen LogP) is 3.03. The van der Waals surface area contributed by atoms with Crippen LogP contribution in [0.3, 0.4) is 0 Å². The first-order chi connectivity index (χ1) is 17.7. The van der Waals surface area contributed by atoms with E-state index in [0.29, 0.717) is 0 Å². The number of rotatable bonds is 4. The summed E-state index contributed by atoms with van der Waals surface area (Å²) < 4.78 is 151. The van der Waals surface area contributed by atoms with Gasteiger partial charge in [-0.05, 0) is 54.2 Å². The molecule has 3 atom stereocenters. The Morgan fingerprint density at radius 1 is 1.48 bits per heavy atom. The second kappa shape index (κ2) is 6.70. The normalized spacial score (nSPS) is 47.1. The van der Waals surface area contributed by atoms with Gasteiger partial charge in [0.1, 0.15) is 0 Å². The van der Waals surface area contributed by atoms with Crippen molar-refractivity contribution in [2.24, 2.45) is 11.8 Å².